The number of aromatic nitrogens is 2. The molecule has 0 bridgehead atoms. The Bertz CT molecular complexity index is 924. The maximum absolute atomic E-state index is 12.6. The van der Waals surface area contributed by atoms with Crippen LogP contribution in [0.2, 0.25) is 0 Å². The van der Waals surface area contributed by atoms with E-state index in [9.17, 15) is 9.59 Å². The van der Waals surface area contributed by atoms with Gasteiger partial charge in [0, 0.05) is 31.6 Å². The lowest BCUT2D eigenvalue weighted by Gasteiger charge is -2.26. The van der Waals surface area contributed by atoms with Crippen molar-refractivity contribution in [3.8, 4) is 17.2 Å². The average molecular weight is 371 g/mol. The molecule has 0 fully saturated rings. The Morgan fingerprint density at radius 1 is 1.30 bits per heavy atom. The second-order valence-electron chi connectivity index (χ2n) is 6.58. The molecule has 27 heavy (non-hydrogen) atoms. The number of rotatable bonds is 5. The highest BCUT2D eigenvalue weighted by atomic mass is 16.7. The van der Waals surface area contributed by atoms with Crippen molar-refractivity contribution in [2.24, 2.45) is 0 Å². The van der Waals surface area contributed by atoms with E-state index in [4.69, 9.17) is 14.2 Å². The average Bonchev–Trinajstić information content (AvgIpc) is 3.14. The third-order valence-corrected chi connectivity index (χ3v) is 4.79. The van der Waals surface area contributed by atoms with Gasteiger partial charge in [-0.25, -0.2) is 4.98 Å². The number of carbonyl (C=O) groups is 1. The zero-order chi connectivity index (χ0) is 18.8. The quantitative estimate of drug-likeness (QED) is 0.738. The van der Waals surface area contributed by atoms with Crippen molar-refractivity contribution in [2.75, 3.05) is 19.9 Å². The maximum Gasteiger partial charge on any atom is 0.256 e. The second-order valence-corrected chi connectivity index (χ2v) is 6.58. The molecule has 0 unspecified atom stereocenters. The van der Waals surface area contributed by atoms with Gasteiger partial charge in [0.25, 0.3) is 5.56 Å². The van der Waals surface area contributed by atoms with Crippen molar-refractivity contribution in [2.45, 2.75) is 32.9 Å². The van der Waals surface area contributed by atoms with Crippen LogP contribution in [0.15, 0.2) is 29.3 Å². The zero-order valence-corrected chi connectivity index (χ0v) is 15.1. The molecular formula is C19H21N3O5. The van der Waals surface area contributed by atoms with Crippen molar-refractivity contribution in [3.63, 3.8) is 0 Å². The molecule has 1 aromatic heterocycles. The summed E-state index contributed by atoms with van der Waals surface area (Å²) in [6.07, 6.45) is 2.79. The van der Waals surface area contributed by atoms with Crippen molar-refractivity contribution in [1.29, 1.82) is 0 Å². The minimum absolute atomic E-state index is 0.00675. The number of carbonyl (C=O) groups excluding carboxylic acids is 1. The van der Waals surface area contributed by atoms with Gasteiger partial charge in [-0.05, 0) is 25.0 Å². The summed E-state index contributed by atoms with van der Waals surface area (Å²) in [7, 11) is 0. The Labute approximate surface area is 156 Å². The smallest absolute Gasteiger partial charge is 0.256 e. The summed E-state index contributed by atoms with van der Waals surface area (Å²) in [5, 5.41) is 0. The third-order valence-electron chi connectivity index (χ3n) is 4.79. The molecular weight excluding hydrogens is 350 g/mol. The Balaban J connectivity index is 1.34. The molecule has 0 aliphatic carbocycles. The van der Waals surface area contributed by atoms with Crippen molar-refractivity contribution in [3.05, 3.63) is 46.1 Å². The lowest BCUT2D eigenvalue weighted by atomic mass is 10.1. The van der Waals surface area contributed by atoms with Crippen LogP contribution in [0.5, 0.6) is 17.2 Å². The van der Waals surface area contributed by atoms with E-state index in [0.717, 1.165) is 5.75 Å². The summed E-state index contributed by atoms with van der Waals surface area (Å²) in [6, 6.07) is 5.45. The Morgan fingerprint density at radius 3 is 3.00 bits per heavy atom. The number of aryl methyl sites for hydroxylation is 1. The molecule has 2 aromatic rings. The fourth-order valence-electron chi connectivity index (χ4n) is 3.28. The predicted molar refractivity (Wildman–Crippen MR) is 96.0 cm³/mol. The molecule has 8 heteroatoms. The molecule has 8 nitrogen and oxygen atoms in total. The van der Waals surface area contributed by atoms with Gasteiger partial charge >= 0.3 is 0 Å². The zero-order valence-electron chi connectivity index (χ0n) is 15.1. The number of fused-ring (bicyclic) bond motifs is 2. The first-order chi connectivity index (χ1) is 13.1. The molecule has 1 aromatic carbocycles. The number of hydrogen-bond donors (Lipinski definition) is 0. The van der Waals surface area contributed by atoms with Gasteiger partial charge in [-0.1, -0.05) is 0 Å². The van der Waals surface area contributed by atoms with Crippen molar-refractivity contribution < 1.29 is 19.0 Å². The van der Waals surface area contributed by atoms with E-state index in [0.29, 0.717) is 61.8 Å². The van der Waals surface area contributed by atoms with Crippen LogP contribution in [-0.2, 0) is 24.3 Å². The van der Waals surface area contributed by atoms with Crippen LogP contribution in [0.3, 0.4) is 0 Å². The van der Waals surface area contributed by atoms with E-state index in [2.05, 4.69) is 4.98 Å². The molecule has 1 amide bonds. The largest absolute Gasteiger partial charge is 0.493 e. The highest BCUT2D eigenvalue weighted by Gasteiger charge is 2.22. The summed E-state index contributed by atoms with van der Waals surface area (Å²) in [5.74, 6) is 2.12. The lowest BCUT2D eigenvalue weighted by molar-refractivity contribution is -0.129. The van der Waals surface area contributed by atoms with E-state index in [1.807, 2.05) is 12.1 Å². The highest BCUT2D eigenvalue weighted by Crippen LogP contribution is 2.35. The first kappa shape index (κ1) is 17.4. The van der Waals surface area contributed by atoms with Crippen LogP contribution >= 0.6 is 0 Å². The number of benzene rings is 1. The molecule has 0 saturated carbocycles. The molecule has 2 aliphatic rings. The Hall–Kier alpha value is -3.03. The fraction of sp³-hybridized carbons (Fsp3) is 0.421. The van der Waals surface area contributed by atoms with Gasteiger partial charge in [0.2, 0.25) is 12.7 Å². The molecule has 0 spiro atoms. The van der Waals surface area contributed by atoms with Gasteiger partial charge in [-0.2, -0.15) is 0 Å². The van der Waals surface area contributed by atoms with E-state index in [1.165, 1.54) is 6.92 Å². The van der Waals surface area contributed by atoms with Gasteiger partial charge in [0.05, 0.1) is 25.2 Å². The molecule has 0 atom stereocenters. The fourth-order valence-corrected chi connectivity index (χ4v) is 3.28. The number of amides is 1. The summed E-state index contributed by atoms with van der Waals surface area (Å²) < 4.78 is 17.9. The second kappa shape index (κ2) is 7.30. The van der Waals surface area contributed by atoms with Crippen LogP contribution in [-0.4, -0.2) is 40.3 Å². The van der Waals surface area contributed by atoms with E-state index in [1.54, 1.807) is 21.9 Å². The molecule has 4 rings (SSSR count). The molecule has 0 radical (unpaired) electrons. The Morgan fingerprint density at radius 2 is 2.15 bits per heavy atom. The van der Waals surface area contributed by atoms with E-state index < -0.39 is 0 Å². The van der Waals surface area contributed by atoms with Crippen LogP contribution in [0.4, 0.5) is 0 Å². The minimum atomic E-state index is -0.0220. The SMILES string of the molecule is CC(=O)N1CCc2c(ncn(CCCOc3ccc4c(c3)OCO4)c2=O)C1. The van der Waals surface area contributed by atoms with Gasteiger partial charge in [-0.15, -0.1) is 0 Å². The maximum atomic E-state index is 12.6. The summed E-state index contributed by atoms with van der Waals surface area (Å²) in [4.78, 5) is 30.2. The lowest BCUT2D eigenvalue weighted by Crippen LogP contribution is -2.39. The van der Waals surface area contributed by atoms with Crippen LogP contribution < -0.4 is 19.8 Å². The third kappa shape index (κ3) is 3.60. The molecule has 2 aliphatic heterocycles. The summed E-state index contributed by atoms with van der Waals surface area (Å²) in [5.41, 5.74) is 1.40. The van der Waals surface area contributed by atoms with E-state index >= 15 is 0 Å². The van der Waals surface area contributed by atoms with E-state index in [-0.39, 0.29) is 18.3 Å². The first-order valence-corrected chi connectivity index (χ1v) is 8.97. The summed E-state index contributed by atoms with van der Waals surface area (Å²) in [6.45, 7) is 3.75. The van der Waals surface area contributed by atoms with Crippen molar-refractivity contribution in [1.82, 2.24) is 14.5 Å². The Kier molecular flexibility index (Phi) is 4.70. The molecule has 0 saturated heterocycles. The van der Waals surface area contributed by atoms with Gasteiger partial charge in [0.1, 0.15) is 5.75 Å². The molecule has 3 heterocycles. The summed E-state index contributed by atoms with van der Waals surface area (Å²) >= 11 is 0. The van der Waals surface area contributed by atoms with Gasteiger partial charge < -0.3 is 19.1 Å². The van der Waals surface area contributed by atoms with Crippen LogP contribution in [0, 0.1) is 0 Å². The number of nitrogens with zero attached hydrogens (tertiary/aromatic N) is 3. The van der Waals surface area contributed by atoms with Crippen molar-refractivity contribution >= 4 is 5.91 Å². The number of hydrogen-bond acceptors (Lipinski definition) is 6. The van der Waals surface area contributed by atoms with Crippen LogP contribution in [0.1, 0.15) is 24.6 Å². The molecule has 142 valence electrons. The van der Waals surface area contributed by atoms with Gasteiger partial charge in [-0.3, -0.25) is 14.2 Å². The number of ether oxygens (including phenoxy) is 3. The highest BCUT2D eigenvalue weighted by molar-refractivity contribution is 5.73. The standard InChI is InChI=1S/C19H21N3O5/c1-13(23)21-7-5-15-16(10-21)20-11-22(19(15)24)6-2-8-25-14-3-4-17-18(9-14)27-12-26-17/h3-4,9,11H,2,5-8,10,12H2,1H3. The normalized spacial score (nSPS) is 14.8. The van der Waals surface area contributed by atoms with Crippen LogP contribution in [0.25, 0.3) is 0 Å². The topological polar surface area (TPSA) is 82.9 Å². The molecule has 0 N–H and O–H groups in total. The van der Waals surface area contributed by atoms with Gasteiger partial charge in [0.15, 0.2) is 11.5 Å². The minimum Gasteiger partial charge on any atom is -0.493 e. The first-order valence-electron chi connectivity index (χ1n) is 8.97. The predicted octanol–water partition coefficient (Wildman–Crippen LogP) is 1.35. The monoisotopic (exact) mass is 371 g/mol.